The molecule has 0 aromatic heterocycles. The number of aryl methyl sites for hydroxylation is 2. The molecule has 0 unspecified atom stereocenters. The molecule has 0 amide bonds. The molecule has 17 heavy (non-hydrogen) atoms. The topological polar surface area (TPSA) is 24.1 Å². The monoisotopic (exact) mass is 234 g/mol. The zero-order chi connectivity index (χ0) is 12.5. The fourth-order valence-electron chi connectivity index (χ4n) is 1.83. The Bertz CT molecular complexity index is 321. The molecule has 0 spiro atoms. The van der Waals surface area contributed by atoms with Crippen LogP contribution in [0.25, 0.3) is 0 Å². The summed E-state index contributed by atoms with van der Waals surface area (Å²) in [6.45, 7) is 10.9. The first-order chi connectivity index (χ1) is 8.24. The number of hydrogen-bond donors (Lipinski definition) is 2. The Morgan fingerprint density at radius 3 is 2.41 bits per heavy atom. The number of benzene rings is 1. The molecule has 0 heterocycles. The van der Waals surface area contributed by atoms with Crippen LogP contribution in [0, 0.1) is 13.8 Å². The van der Waals surface area contributed by atoms with Gasteiger partial charge in [0.25, 0.3) is 0 Å². The molecule has 0 saturated heterocycles. The molecule has 0 aliphatic rings. The first kappa shape index (κ1) is 14.2. The van der Waals surface area contributed by atoms with Crippen LogP contribution in [-0.4, -0.2) is 26.2 Å². The Hall–Kier alpha value is -0.860. The molecule has 2 N–H and O–H groups in total. The van der Waals surface area contributed by atoms with Gasteiger partial charge in [0.15, 0.2) is 0 Å². The van der Waals surface area contributed by atoms with E-state index in [1.54, 1.807) is 0 Å². The fraction of sp³-hybridized carbons (Fsp3) is 0.600. The maximum absolute atomic E-state index is 3.49. The van der Waals surface area contributed by atoms with E-state index in [-0.39, 0.29) is 0 Å². The lowest BCUT2D eigenvalue weighted by atomic mass is 10.0. The zero-order valence-electron chi connectivity index (χ0n) is 11.5. The van der Waals surface area contributed by atoms with Gasteiger partial charge in [-0.25, -0.2) is 0 Å². The number of nitrogens with one attached hydrogen (secondary N) is 2. The average molecular weight is 234 g/mol. The summed E-state index contributed by atoms with van der Waals surface area (Å²) in [6, 6.07) is 6.76. The Morgan fingerprint density at radius 1 is 0.941 bits per heavy atom. The van der Waals surface area contributed by atoms with Gasteiger partial charge in [0.05, 0.1) is 0 Å². The van der Waals surface area contributed by atoms with Crippen LogP contribution in [0.5, 0.6) is 0 Å². The number of hydrogen-bond acceptors (Lipinski definition) is 2. The molecule has 2 heteroatoms. The predicted octanol–water partition coefficient (Wildman–Crippen LogP) is 2.44. The SMILES string of the molecule is CCNCCCNCCc1ccc(C)c(C)c1. The van der Waals surface area contributed by atoms with Crippen LogP contribution >= 0.6 is 0 Å². The van der Waals surface area contributed by atoms with Crippen LogP contribution in [0.2, 0.25) is 0 Å². The summed E-state index contributed by atoms with van der Waals surface area (Å²) >= 11 is 0. The average Bonchev–Trinajstić information content (AvgIpc) is 2.32. The lowest BCUT2D eigenvalue weighted by Crippen LogP contribution is -2.23. The van der Waals surface area contributed by atoms with Crippen molar-refractivity contribution in [1.29, 1.82) is 0 Å². The quantitative estimate of drug-likeness (QED) is 0.675. The van der Waals surface area contributed by atoms with Crippen molar-refractivity contribution in [2.45, 2.75) is 33.6 Å². The van der Waals surface area contributed by atoms with E-state index in [1.807, 2.05) is 0 Å². The second-order valence-electron chi connectivity index (χ2n) is 4.63. The van der Waals surface area contributed by atoms with Gasteiger partial charge < -0.3 is 10.6 Å². The summed E-state index contributed by atoms with van der Waals surface area (Å²) in [7, 11) is 0. The predicted molar refractivity (Wildman–Crippen MR) is 75.7 cm³/mol. The largest absolute Gasteiger partial charge is 0.317 e. The van der Waals surface area contributed by atoms with Gasteiger partial charge in [-0.3, -0.25) is 0 Å². The maximum atomic E-state index is 3.49. The van der Waals surface area contributed by atoms with E-state index in [9.17, 15) is 0 Å². The van der Waals surface area contributed by atoms with Crippen molar-refractivity contribution in [3.63, 3.8) is 0 Å². The van der Waals surface area contributed by atoms with Crippen LogP contribution in [0.15, 0.2) is 18.2 Å². The molecule has 0 atom stereocenters. The molecule has 0 saturated carbocycles. The van der Waals surface area contributed by atoms with Crippen molar-refractivity contribution in [3.8, 4) is 0 Å². The third-order valence-electron chi connectivity index (χ3n) is 3.12. The lowest BCUT2D eigenvalue weighted by molar-refractivity contribution is 0.606. The van der Waals surface area contributed by atoms with Crippen molar-refractivity contribution >= 4 is 0 Å². The fourth-order valence-corrected chi connectivity index (χ4v) is 1.83. The van der Waals surface area contributed by atoms with Crippen molar-refractivity contribution in [2.24, 2.45) is 0 Å². The lowest BCUT2D eigenvalue weighted by Gasteiger charge is -2.07. The zero-order valence-corrected chi connectivity index (χ0v) is 11.5. The Morgan fingerprint density at radius 2 is 1.71 bits per heavy atom. The molecule has 0 radical (unpaired) electrons. The molecule has 1 rings (SSSR count). The molecule has 1 aromatic carbocycles. The summed E-state index contributed by atoms with van der Waals surface area (Å²) in [5.74, 6) is 0. The van der Waals surface area contributed by atoms with Gasteiger partial charge in [-0.15, -0.1) is 0 Å². The number of rotatable bonds is 8. The summed E-state index contributed by atoms with van der Waals surface area (Å²) in [6.07, 6.45) is 2.34. The van der Waals surface area contributed by atoms with Crippen molar-refractivity contribution in [2.75, 3.05) is 26.2 Å². The van der Waals surface area contributed by atoms with Crippen LogP contribution in [0.1, 0.15) is 30.0 Å². The Labute approximate surface area is 106 Å². The van der Waals surface area contributed by atoms with Gasteiger partial charge in [0, 0.05) is 0 Å². The second kappa shape index (κ2) is 8.26. The molecular formula is C15H26N2. The third kappa shape index (κ3) is 5.85. The van der Waals surface area contributed by atoms with Gasteiger partial charge >= 0.3 is 0 Å². The summed E-state index contributed by atoms with van der Waals surface area (Å²) in [4.78, 5) is 0. The first-order valence-corrected chi connectivity index (χ1v) is 6.71. The molecular weight excluding hydrogens is 208 g/mol. The summed E-state index contributed by atoms with van der Waals surface area (Å²) in [5.41, 5.74) is 4.22. The van der Waals surface area contributed by atoms with Gasteiger partial charge in [-0.1, -0.05) is 25.1 Å². The van der Waals surface area contributed by atoms with E-state index in [4.69, 9.17) is 0 Å². The molecule has 96 valence electrons. The standard InChI is InChI=1S/C15H26N2/c1-4-16-9-5-10-17-11-8-15-7-6-13(2)14(3)12-15/h6-7,12,16-17H,4-5,8-11H2,1-3H3. The van der Waals surface area contributed by atoms with Crippen LogP contribution in [0.4, 0.5) is 0 Å². The molecule has 0 aliphatic carbocycles. The molecule has 2 nitrogen and oxygen atoms in total. The minimum atomic E-state index is 1.07. The molecule has 1 aromatic rings. The normalized spacial score (nSPS) is 10.8. The highest BCUT2D eigenvalue weighted by Gasteiger charge is 1.96. The van der Waals surface area contributed by atoms with Crippen LogP contribution < -0.4 is 10.6 Å². The van der Waals surface area contributed by atoms with Crippen molar-refractivity contribution < 1.29 is 0 Å². The van der Waals surface area contributed by atoms with E-state index in [0.29, 0.717) is 0 Å². The van der Waals surface area contributed by atoms with Gasteiger partial charge in [-0.2, -0.15) is 0 Å². The second-order valence-corrected chi connectivity index (χ2v) is 4.63. The maximum Gasteiger partial charge on any atom is -0.000834 e. The first-order valence-electron chi connectivity index (χ1n) is 6.71. The van der Waals surface area contributed by atoms with E-state index in [0.717, 1.165) is 32.6 Å². The summed E-state index contributed by atoms with van der Waals surface area (Å²) < 4.78 is 0. The van der Waals surface area contributed by atoms with E-state index >= 15 is 0 Å². The van der Waals surface area contributed by atoms with Crippen LogP contribution in [-0.2, 0) is 6.42 Å². The highest BCUT2D eigenvalue weighted by Crippen LogP contribution is 2.09. The van der Waals surface area contributed by atoms with Gasteiger partial charge in [0.2, 0.25) is 0 Å². The Kier molecular flexibility index (Phi) is 6.90. The molecule has 0 bridgehead atoms. The smallest absolute Gasteiger partial charge is 0.000834 e. The minimum absolute atomic E-state index is 1.07. The third-order valence-corrected chi connectivity index (χ3v) is 3.12. The Balaban J connectivity index is 2.11. The molecule has 0 fully saturated rings. The minimum Gasteiger partial charge on any atom is -0.317 e. The highest BCUT2D eigenvalue weighted by molar-refractivity contribution is 5.29. The van der Waals surface area contributed by atoms with Crippen molar-refractivity contribution in [1.82, 2.24) is 10.6 Å². The van der Waals surface area contributed by atoms with Gasteiger partial charge in [-0.05, 0) is 69.6 Å². The van der Waals surface area contributed by atoms with E-state index in [1.165, 1.54) is 23.1 Å². The molecule has 0 aliphatic heterocycles. The van der Waals surface area contributed by atoms with Gasteiger partial charge in [0.1, 0.15) is 0 Å². The van der Waals surface area contributed by atoms with Crippen LogP contribution in [0.3, 0.4) is 0 Å². The van der Waals surface area contributed by atoms with E-state index in [2.05, 4.69) is 49.6 Å². The summed E-state index contributed by atoms with van der Waals surface area (Å²) in [5, 5.41) is 6.82. The highest BCUT2D eigenvalue weighted by atomic mass is 14.9. The van der Waals surface area contributed by atoms with Crippen molar-refractivity contribution in [3.05, 3.63) is 34.9 Å². The van der Waals surface area contributed by atoms with E-state index < -0.39 is 0 Å².